The molecule has 0 rings (SSSR count). The number of hydrogen-bond acceptors (Lipinski definition) is 8. The van der Waals surface area contributed by atoms with Gasteiger partial charge in [-0.05, 0) is 70.1 Å². The Kier molecular flexibility index (Phi) is 42.3. The maximum Gasteiger partial charge on any atom is 0.407 e. The Morgan fingerprint density at radius 2 is 0.966 bits per heavy atom. The number of esters is 2. The molecule has 1 amide bonds. The lowest BCUT2D eigenvalue weighted by Gasteiger charge is -2.20. The average molecular weight is 822 g/mol. The van der Waals surface area contributed by atoms with E-state index in [0.29, 0.717) is 38.5 Å². The number of unbranched alkanes of at least 4 members (excludes halogenated alkanes) is 18. The van der Waals surface area contributed by atoms with E-state index in [2.05, 4.69) is 64.2 Å². The Morgan fingerprint density at radius 3 is 1.53 bits per heavy atom. The van der Waals surface area contributed by atoms with E-state index in [-0.39, 0.29) is 38.2 Å². The molecule has 0 saturated carbocycles. The van der Waals surface area contributed by atoms with E-state index in [1.165, 1.54) is 77.0 Å². The van der Waals surface area contributed by atoms with Crippen molar-refractivity contribution in [3.63, 3.8) is 0 Å². The van der Waals surface area contributed by atoms with Gasteiger partial charge in [-0.1, -0.05) is 155 Å². The molecule has 0 aromatic carbocycles. The summed E-state index contributed by atoms with van der Waals surface area (Å²) in [6.07, 6.45) is 37.3. The summed E-state index contributed by atoms with van der Waals surface area (Å²) in [4.78, 5) is 37.9. The van der Waals surface area contributed by atoms with Crippen LogP contribution in [0.1, 0.15) is 214 Å². The van der Waals surface area contributed by atoms with Crippen LogP contribution in [0.25, 0.3) is 0 Å². The summed E-state index contributed by atoms with van der Waals surface area (Å²) in [5.41, 5.74) is 0. The molecular formula is C49H91NO8. The predicted octanol–water partition coefficient (Wildman–Crippen LogP) is 13.5. The van der Waals surface area contributed by atoms with Crippen LogP contribution >= 0.6 is 0 Å². The Labute approximate surface area is 356 Å². The maximum absolute atomic E-state index is 12.9. The lowest BCUT2D eigenvalue weighted by molar-refractivity contribution is -0.161. The van der Waals surface area contributed by atoms with E-state index >= 15 is 0 Å². The topological polar surface area (TPSA) is 109 Å². The zero-order valence-electron chi connectivity index (χ0n) is 38.3. The molecule has 0 radical (unpaired) electrons. The van der Waals surface area contributed by atoms with Gasteiger partial charge in [-0.3, -0.25) is 9.59 Å². The summed E-state index contributed by atoms with van der Waals surface area (Å²) >= 11 is 0. The predicted molar refractivity (Wildman–Crippen MR) is 240 cm³/mol. The Morgan fingerprint density at radius 1 is 0.500 bits per heavy atom. The van der Waals surface area contributed by atoms with E-state index in [9.17, 15) is 14.4 Å². The van der Waals surface area contributed by atoms with Gasteiger partial charge in [0.25, 0.3) is 0 Å². The van der Waals surface area contributed by atoms with Crippen molar-refractivity contribution in [3.05, 3.63) is 24.3 Å². The summed E-state index contributed by atoms with van der Waals surface area (Å²) in [6.45, 7) is 12.7. The van der Waals surface area contributed by atoms with Crippen molar-refractivity contribution in [2.75, 3.05) is 39.6 Å². The summed E-state index contributed by atoms with van der Waals surface area (Å²) < 4.78 is 28.9. The van der Waals surface area contributed by atoms with Crippen molar-refractivity contribution in [1.29, 1.82) is 0 Å². The van der Waals surface area contributed by atoms with Gasteiger partial charge in [0.05, 0.1) is 12.3 Å². The van der Waals surface area contributed by atoms with Crippen LogP contribution in [-0.4, -0.2) is 63.9 Å². The fraction of sp³-hybridized carbons (Fsp3) is 0.857. The number of rotatable bonds is 43. The highest BCUT2D eigenvalue weighted by Crippen LogP contribution is 2.14. The standard InChI is InChI=1S/C49H91NO8/c1-6-9-12-15-18-19-20-21-22-23-24-25-26-27-30-35-46(51)56-41-45(43-58-49(53)50-38-33-34-44(4)5)42-57-47(52)36-37-48(54-39-31-28-16-13-10-7-2)55-40-32-29-17-14-11-8-3/h18-19,21-22,44-45,48H,6-17,20,23-43H2,1-5H3,(H,50,53)/b19-18-,22-21-. The molecule has 9 heteroatoms. The third kappa shape index (κ3) is 41.8. The zero-order valence-corrected chi connectivity index (χ0v) is 38.3. The van der Waals surface area contributed by atoms with Gasteiger partial charge in [0.1, 0.15) is 19.8 Å². The van der Waals surface area contributed by atoms with Crippen LogP contribution < -0.4 is 5.32 Å². The molecule has 0 aliphatic heterocycles. The third-order valence-corrected chi connectivity index (χ3v) is 10.2. The number of nitrogens with one attached hydrogen (secondary N) is 1. The molecule has 0 aliphatic carbocycles. The minimum atomic E-state index is -0.524. The summed E-state index contributed by atoms with van der Waals surface area (Å²) in [6, 6.07) is 0. The van der Waals surface area contributed by atoms with Gasteiger partial charge in [-0.25, -0.2) is 4.79 Å². The Hall–Kier alpha value is -2.39. The smallest absolute Gasteiger partial charge is 0.407 e. The van der Waals surface area contributed by atoms with Gasteiger partial charge in [-0.2, -0.15) is 0 Å². The summed E-state index contributed by atoms with van der Waals surface area (Å²) in [7, 11) is 0. The first-order valence-electron chi connectivity index (χ1n) is 24.1. The third-order valence-electron chi connectivity index (χ3n) is 10.2. The molecule has 9 nitrogen and oxygen atoms in total. The van der Waals surface area contributed by atoms with Crippen molar-refractivity contribution >= 4 is 18.0 Å². The second-order valence-corrected chi connectivity index (χ2v) is 16.5. The van der Waals surface area contributed by atoms with Crippen molar-refractivity contribution < 1.29 is 38.1 Å². The molecule has 0 aliphatic rings. The summed E-state index contributed by atoms with van der Waals surface area (Å²) in [5.74, 6) is -0.572. The van der Waals surface area contributed by atoms with E-state index < -0.39 is 18.3 Å². The fourth-order valence-electron chi connectivity index (χ4n) is 6.38. The zero-order chi connectivity index (χ0) is 42.6. The fourth-order valence-corrected chi connectivity index (χ4v) is 6.38. The molecule has 1 atom stereocenters. The highest BCUT2D eigenvalue weighted by Gasteiger charge is 2.19. The molecule has 1 unspecified atom stereocenters. The molecule has 0 bridgehead atoms. The van der Waals surface area contributed by atoms with Crippen LogP contribution in [0.2, 0.25) is 0 Å². The van der Waals surface area contributed by atoms with Crippen LogP contribution in [0.15, 0.2) is 24.3 Å². The van der Waals surface area contributed by atoms with Crippen molar-refractivity contribution in [2.24, 2.45) is 11.8 Å². The number of ether oxygens (including phenoxy) is 5. The second kappa shape index (κ2) is 44.2. The SMILES string of the molecule is CCCCC/C=C\C/C=C\CCCCCCCC(=O)OCC(COC(=O)CCC(OCCCCCCCC)OCCCCCCCC)COC(=O)NCCCC(C)C. The number of hydrogen-bond donors (Lipinski definition) is 1. The van der Waals surface area contributed by atoms with Gasteiger partial charge in [0.2, 0.25) is 0 Å². The molecular weight excluding hydrogens is 731 g/mol. The lowest BCUT2D eigenvalue weighted by Crippen LogP contribution is -2.31. The number of carbonyl (C=O) groups is 3. The number of carbonyl (C=O) groups excluding carboxylic acids is 3. The summed E-state index contributed by atoms with van der Waals surface area (Å²) in [5, 5.41) is 2.78. The number of allylic oxidation sites excluding steroid dienone is 4. The largest absolute Gasteiger partial charge is 0.465 e. The van der Waals surface area contributed by atoms with E-state index in [0.717, 1.165) is 83.5 Å². The van der Waals surface area contributed by atoms with Gasteiger partial charge < -0.3 is 29.0 Å². The molecule has 58 heavy (non-hydrogen) atoms. The molecule has 0 aromatic rings. The van der Waals surface area contributed by atoms with Gasteiger partial charge in [-0.15, -0.1) is 0 Å². The van der Waals surface area contributed by atoms with Gasteiger partial charge in [0, 0.05) is 32.6 Å². The molecule has 0 saturated heterocycles. The quantitative estimate of drug-likeness (QED) is 0.0213. The van der Waals surface area contributed by atoms with Crippen LogP contribution in [0, 0.1) is 11.8 Å². The average Bonchev–Trinajstić information content (AvgIpc) is 3.21. The molecule has 0 fully saturated rings. The maximum atomic E-state index is 12.9. The van der Waals surface area contributed by atoms with Crippen molar-refractivity contribution in [1.82, 2.24) is 5.32 Å². The minimum Gasteiger partial charge on any atom is -0.465 e. The monoisotopic (exact) mass is 822 g/mol. The lowest BCUT2D eigenvalue weighted by atomic mass is 10.1. The van der Waals surface area contributed by atoms with Crippen LogP contribution in [-0.2, 0) is 33.3 Å². The van der Waals surface area contributed by atoms with E-state index in [1.54, 1.807) is 0 Å². The first-order chi connectivity index (χ1) is 28.3. The van der Waals surface area contributed by atoms with E-state index in [1.807, 2.05) is 0 Å². The molecule has 0 heterocycles. The second-order valence-electron chi connectivity index (χ2n) is 16.5. The van der Waals surface area contributed by atoms with Gasteiger partial charge >= 0.3 is 18.0 Å². The van der Waals surface area contributed by atoms with Crippen LogP contribution in [0.4, 0.5) is 4.79 Å². The molecule has 1 N–H and O–H groups in total. The van der Waals surface area contributed by atoms with Crippen LogP contribution in [0.5, 0.6) is 0 Å². The van der Waals surface area contributed by atoms with Crippen molar-refractivity contribution in [3.8, 4) is 0 Å². The Balaban J connectivity index is 4.76. The first-order valence-corrected chi connectivity index (χ1v) is 24.1. The number of amides is 1. The number of alkyl carbamates (subject to hydrolysis) is 1. The highest BCUT2D eigenvalue weighted by atomic mass is 16.7. The van der Waals surface area contributed by atoms with Crippen LogP contribution in [0.3, 0.4) is 0 Å². The van der Waals surface area contributed by atoms with Crippen molar-refractivity contribution in [2.45, 2.75) is 221 Å². The first kappa shape index (κ1) is 55.6. The minimum absolute atomic E-state index is 0.0123. The molecule has 0 spiro atoms. The highest BCUT2D eigenvalue weighted by molar-refractivity contribution is 5.70. The van der Waals surface area contributed by atoms with Gasteiger partial charge in [0.15, 0.2) is 6.29 Å². The molecule has 340 valence electrons. The normalized spacial score (nSPS) is 12.3. The molecule has 0 aromatic heterocycles. The Bertz CT molecular complexity index is 966. The van der Waals surface area contributed by atoms with E-state index in [4.69, 9.17) is 23.7 Å².